The van der Waals surface area contributed by atoms with Gasteiger partial charge in [0.05, 0.1) is 0 Å². The van der Waals surface area contributed by atoms with E-state index in [1.165, 1.54) is 25.0 Å². The average Bonchev–Trinajstić information content (AvgIpc) is 2.93. The second-order valence-corrected chi connectivity index (χ2v) is 7.28. The van der Waals surface area contributed by atoms with Crippen LogP contribution in [0.25, 0.3) is 0 Å². The number of benzene rings is 1. The van der Waals surface area contributed by atoms with Crippen molar-refractivity contribution in [3.8, 4) is 0 Å². The molecule has 2 atom stereocenters. The lowest BCUT2D eigenvalue weighted by molar-refractivity contribution is 0.123. The molecule has 2 amide bonds. The molecule has 0 aliphatic carbocycles. The van der Waals surface area contributed by atoms with E-state index in [1.54, 1.807) is 12.1 Å². The fraction of sp³-hybridized carbons (Fsp3) is 0.632. The molecule has 0 radical (unpaired) electrons. The Bertz CT molecular complexity index is 561. The van der Waals surface area contributed by atoms with E-state index in [0.717, 1.165) is 39.3 Å². The molecule has 1 N–H and O–H groups in total. The molecule has 2 aliphatic heterocycles. The van der Waals surface area contributed by atoms with E-state index >= 15 is 0 Å². The number of hydrogen-bond acceptors (Lipinski definition) is 3. The lowest BCUT2D eigenvalue weighted by atomic mass is 10.2. The smallest absolute Gasteiger partial charge is 0.321 e. The molecule has 3 rings (SSSR count). The van der Waals surface area contributed by atoms with Crippen molar-refractivity contribution in [1.82, 2.24) is 14.7 Å². The Morgan fingerprint density at radius 2 is 1.64 bits per heavy atom. The maximum absolute atomic E-state index is 12.9. The van der Waals surface area contributed by atoms with Crippen molar-refractivity contribution in [2.45, 2.75) is 38.8 Å². The van der Waals surface area contributed by atoms with Crippen LogP contribution in [0.1, 0.15) is 26.7 Å². The van der Waals surface area contributed by atoms with Gasteiger partial charge in [0, 0.05) is 57.0 Å². The zero-order chi connectivity index (χ0) is 17.8. The van der Waals surface area contributed by atoms with Gasteiger partial charge in [-0.1, -0.05) is 0 Å². The van der Waals surface area contributed by atoms with Crippen molar-refractivity contribution in [2.75, 3.05) is 44.6 Å². The highest BCUT2D eigenvalue weighted by Crippen LogP contribution is 2.22. The minimum absolute atomic E-state index is 0.104. The van der Waals surface area contributed by atoms with Gasteiger partial charge in [0.2, 0.25) is 0 Å². The van der Waals surface area contributed by atoms with Crippen LogP contribution in [0.15, 0.2) is 24.3 Å². The van der Waals surface area contributed by atoms with E-state index in [-0.39, 0.29) is 11.8 Å². The molecule has 0 saturated carbocycles. The lowest BCUT2D eigenvalue weighted by Gasteiger charge is -2.36. The molecule has 5 nitrogen and oxygen atoms in total. The Hall–Kier alpha value is -1.66. The first kappa shape index (κ1) is 18.1. The molecular formula is C19H29FN4O. The highest BCUT2D eigenvalue weighted by molar-refractivity contribution is 5.89. The Morgan fingerprint density at radius 3 is 2.24 bits per heavy atom. The van der Waals surface area contributed by atoms with E-state index < -0.39 is 0 Å². The highest BCUT2D eigenvalue weighted by Gasteiger charge is 2.28. The summed E-state index contributed by atoms with van der Waals surface area (Å²) in [6.07, 6.45) is 2.61. The van der Waals surface area contributed by atoms with E-state index in [1.807, 2.05) is 4.90 Å². The van der Waals surface area contributed by atoms with E-state index in [4.69, 9.17) is 0 Å². The molecule has 0 bridgehead atoms. The van der Waals surface area contributed by atoms with Crippen LogP contribution in [-0.4, -0.2) is 72.1 Å². The largest absolute Gasteiger partial charge is 0.322 e. The lowest BCUT2D eigenvalue weighted by Crippen LogP contribution is -2.51. The highest BCUT2D eigenvalue weighted by atomic mass is 19.1. The third kappa shape index (κ3) is 4.70. The van der Waals surface area contributed by atoms with Crippen LogP contribution in [0, 0.1) is 5.82 Å². The first-order valence-corrected chi connectivity index (χ1v) is 9.32. The summed E-state index contributed by atoms with van der Waals surface area (Å²) in [5.41, 5.74) is 0.630. The number of anilines is 1. The Labute approximate surface area is 149 Å². The third-order valence-corrected chi connectivity index (χ3v) is 5.56. The molecule has 0 aromatic heterocycles. The summed E-state index contributed by atoms with van der Waals surface area (Å²) >= 11 is 0. The van der Waals surface area contributed by atoms with Crippen LogP contribution in [-0.2, 0) is 0 Å². The van der Waals surface area contributed by atoms with Crippen LogP contribution in [0.2, 0.25) is 0 Å². The normalized spacial score (nSPS) is 25.3. The molecule has 1 aromatic carbocycles. The number of hydrogen-bond donors (Lipinski definition) is 1. The summed E-state index contributed by atoms with van der Waals surface area (Å²) in [7, 11) is 0. The van der Waals surface area contributed by atoms with E-state index in [0.29, 0.717) is 17.8 Å². The molecule has 138 valence electrons. The fourth-order valence-electron chi connectivity index (χ4n) is 3.86. The van der Waals surface area contributed by atoms with E-state index in [2.05, 4.69) is 29.0 Å². The number of carbonyl (C=O) groups is 1. The van der Waals surface area contributed by atoms with Gasteiger partial charge < -0.3 is 10.2 Å². The SMILES string of the molecule is CC1CCC(C)N1CCN1CCN(C(=O)Nc2ccc(F)cc2)CC1. The fourth-order valence-corrected chi connectivity index (χ4v) is 3.86. The van der Waals surface area contributed by atoms with Crippen LogP contribution in [0.4, 0.5) is 14.9 Å². The quantitative estimate of drug-likeness (QED) is 0.909. The zero-order valence-corrected chi connectivity index (χ0v) is 15.2. The predicted molar refractivity (Wildman–Crippen MR) is 98.3 cm³/mol. The monoisotopic (exact) mass is 348 g/mol. The number of nitrogens with one attached hydrogen (secondary N) is 1. The van der Waals surface area contributed by atoms with E-state index in [9.17, 15) is 9.18 Å². The summed E-state index contributed by atoms with van der Waals surface area (Å²) < 4.78 is 12.9. The Balaban J connectivity index is 1.40. The Morgan fingerprint density at radius 1 is 1.04 bits per heavy atom. The second-order valence-electron chi connectivity index (χ2n) is 7.28. The minimum Gasteiger partial charge on any atom is -0.322 e. The molecule has 2 aliphatic rings. The molecule has 2 fully saturated rings. The van der Waals surface area contributed by atoms with Crippen LogP contribution < -0.4 is 5.32 Å². The molecule has 1 aromatic rings. The summed E-state index contributed by atoms with van der Waals surface area (Å²) in [5, 5.41) is 2.84. The molecular weight excluding hydrogens is 319 g/mol. The molecule has 25 heavy (non-hydrogen) atoms. The molecule has 2 saturated heterocycles. The maximum Gasteiger partial charge on any atom is 0.321 e. The van der Waals surface area contributed by atoms with Crippen molar-refractivity contribution in [3.63, 3.8) is 0 Å². The van der Waals surface area contributed by atoms with Crippen molar-refractivity contribution in [2.24, 2.45) is 0 Å². The van der Waals surface area contributed by atoms with Crippen LogP contribution >= 0.6 is 0 Å². The number of likely N-dealkylation sites (tertiary alicyclic amines) is 1. The van der Waals surface area contributed by atoms with Crippen molar-refractivity contribution in [3.05, 3.63) is 30.1 Å². The van der Waals surface area contributed by atoms with Crippen LogP contribution in [0.3, 0.4) is 0 Å². The zero-order valence-electron chi connectivity index (χ0n) is 15.2. The number of nitrogens with zero attached hydrogens (tertiary/aromatic N) is 3. The number of piperazine rings is 1. The first-order valence-electron chi connectivity index (χ1n) is 9.32. The summed E-state index contributed by atoms with van der Waals surface area (Å²) in [5.74, 6) is -0.298. The third-order valence-electron chi connectivity index (χ3n) is 5.56. The number of rotatable bonds is 4. The van der Waals surface area contributed by atoms with Gasteiger partial charge in [0.25, 0.3) is 0 Å². The average molecular weight is 348 g/mol. The van der Waals surface area contributed by atoms with Crippen molar-refractivity contribution in [1.29, 1.82) is 0 Å². The number of amides is 2. The van der Waals surface area contributed by atoms with Crippen molar-refractivity contribution >= 4 is 11.7 Å². The predicted octanol–water partition coefficient (Wildman–Crippen LogP) is 2.85. The van der Waals surface area contributed by atoms with Gasteiger partial charge in [-0.25, -0.2) is 9.18 Å². The Kier molecular flexibility index (Phi) is 5.91. The summed E-state index contributed by atoms with van der Waals surface area (Å²) in [6, 6.07) is 7.16. The van der Waals surface area contributed by atoms with Gasteiger partial charge in [-0.2, -0.15) is 0 Å². The molecule has 6 heteroatoms. The molecule has 2 heterocycles. The summed E-state index contributed by atoms with van der Waals surface area (Å²) in [6.45, 7) is 10.1. The number of urea groups is 1. The van der Waals surface area contributed by atoms with Gasteiger partial charge >= 0.3 is 6.03 Å². The topological polar surface area (TPSA) is 38.8 Å². The van der Waals surface area contributed by atoms with Crippen LogP contribution in [0.5, 0.6) is 0 Å². The standard InChI is InChI=1S/C19H29FN4O/c1-15-3-4-16(2)24(15)14-11-22-9-12-23(13-10-22)19(25)21-18-7-5-17(20)6-8-18/h5-8,15-16H,3-4,9-14H2,1-2H3,(H,21,25). The summed E-state index contributed by atoms with van der Waals surface area (Å²) in [4.78, 5) is 19.2. The van der Waals surface area contributed by atoms with Gasteiger partial charge in [0.1, 0.15) is 5.82 Å². The number of carbonyl (C=O) groups excluding carboxylic acids is 1. The van der Waals surface area contributed by atoms with Gasteiger partial charge in [-0.05, 0) is 51.0 Å². The first-order chi connectivity index (χ1) is 12.0. The molecule has 2 unspecified atom stereocenters. The minimum atomic E-state index is -0.298. The number of halogens is 1. The van der Waals surface area contributed by atoms with Gasteiger partial charge in [-0.15, -0.1) is 0 Å². The maximum atomic E-state index is 12.9. The molecule has 0 spiro atoms. The van der Waals surface area contributed by atoms with Gasteiger partial charge in [0.15, 0.2) is 0 Å². The second kappa shape index (κ2) is 8.15. The van der Waals surface area contributed by atoms with Gasteiger partial charge in [-0.3, -0.25) is 9.80 Å². The van der Waals surface area contributed by atoms with Crippen molar-refractivity contribution < 1.29 is 9.18 Å².